The predicted molar refractivity (Wildman–Crippen MR) is 70.1 cm³/mol. The van der Waals surface area contributed by atoms with E-state index in [9.17, 15) is 13.2 Å². The van der Waals surface area contributed by atoms with Gasteiger partial charge in [0.25, 0.3) is 0 Å². The highest BCUT2D eigenvalue weighted by atomic mass is 35.5. The molecule has 1 atom stereocenters. The first-order valence-corrected chi connectivity index (χ1v) is 5.72. The van der Waals surface area contributed by atoms with Gasteiger partial charge in [0.2, 0.25) is 0 Å². The van der Waals surface area contributed by atoms with Crippen LogP contribution in [0.25, 0.3) is 0 Å². The Bertz CT molecular complexity index is 391. The molecule has 0 amide bonds. The van der Waals surface area contributed by atoms with E-state index in [1.165, 1.54) is 12.1 Å². The van der Waals surface area contributed by atoms with E-state index in [0.29, 0.717) is 6.42 Å². The number of nitrogens with two attached hydrogens (primary N) is 1. The lowest BCUT2D eigenvalue weighted by Gasteiger charge is -2.21. The smallest absolute Gasteiger partial charge is 0.324 e. The van der Waals surface area contributed by atoms with Crippen LogP contribution >= 0.6 is 24.0 Å². The largest absolute Gasteiger partial charge is 0.416 e. The average Bonchev–Trinajstić information content (AvgIpc) is 2.14. The Morgan fingerprint density at radius 2 is 1.83 bits per heavy atom. The Labute approximate surface area is 116 Å². The van der Waals surface area contributed by atoms with E-state index in [1.54, 1.807) is 0 Å². The molecule has 1 aromatic rings. The summed E-state index contributed by atoms with van der Waals surface area (Å²) in [6, 6.07) is 3.05. The number of benzene rings is 1. The van der Waals surface area contributed by atoms with Gasteiger partial charge in [-0.05, 0) is 30.0 Å². The maximum absolute atomic E-state index is 12.8. The molecule has 0 radical (unpaired) electrons. The van der Waals surface area contributed by atoms with Crippen LogP contribution in [0.15, 0.2) is 18.2 Å². The molecule has 0 unspecified atom stereocenters. The van der Waals surface area contributed by atoms with Crippen molar-refractivity contribution in [3.05, 3.63) is 34.3 Å². The fourth-order valence-corrected chi connectivity index (χ4v) is 2.10. The maximum atomic E-state index is 12.8. The van der Waals surface area contributed by atoms with Crippen LogP contribution in [0.2, 0.25) is 5.02 Å². The lowest BCUT2D eigenvalue weighted by molar-refractivity contribution is -0.138. The van der Waals surface area contributed by atoms with Crippen molar-refractivity contribution in [2.75, 3.05) is 0 Å². The third kappa shape index (κ3) is 4.34. The van der Waals surface area contributed by atoms with Gasteiger partial charge in [-0.2, -0.15) is 13.2 Å². The standard InChI is InChI=1S/C12H15ClF3N.ClH/c1-7(2)6-10(17)11-8(12(14,15)16)4-3-5-9(11)13;/h3-5,7,10H,6,17H2,1-2H3;1H/t10-;/m0./s1. The molecule has 6 heteroatoms. The van der Waals surface area contributed by atoms with Crippen molar-refractivity contribution in [3.63, 3.8) is 0 Å². The molecule has 0 aliphatic heterocycles. The van der Waals surface area contributed by atoms with Crippen LogP contribution in [-0.2, 0) is 6.18 Å². The summed E-state index contributed by atoms with van der Waals surface area (Å²) in [4.78, 5) is 0. The SMILES string of the molecule is CC(C)C[C@H](N)c1c(Cl)cccc1C(F)(F)F.Cl. The van der Waals surface area contributed by atoms with E-state index >= 15 is 0 Å². The van der Waals surface area contributed by atoms with E-state index in [-0.39, 0.29) is 28.9 Å². The van der Waals surface area contributed by atoms with Crippen LogP contribution in [-0.4, -0.2) is 0 Å². The number of hydrogen-bond donors (Lipinski definition) is 1. The van der Waals surface area contributed by atoms with Gasteiger partial charge in [-0.1, -0.05) is 31.5 Å². The molecule has 0 aliphatic rings. The summed E-state index contributed by atoms with van der Waals surface area (Å²) in [5, 5.41) is 0.0768. The van der Waals surface area contributed by atoms with E-state index in [1.807, 2.05) is 13.8 Å². The summed E-state index contributed by atoms with van der Waals surface area (Å²) in [5.41, 5.74) is 5.07. The molecule has 104 valence electrons. The van der Waals surface area contributed by atoms with Gasteiger partial charge in [0.05, 0.1) is 5.56 Å². The molecule has 0 saturated carbocycles. The number of hydrogen-bond acceptors (Lipinski definition) is 1. The van der Waals surface area contributed by atoms with Crippen LogP contribution < -0.4 is 5.73 Å². The van der Waals surface area contributed by atoms with E-state index in [4.69, 9.17) is 17.3 Å². The van der Waals surface area contributed by atoms with E-state index in [0.717, 1.165) is 6.07 Å². The second-order valence-corrected chi connectivity index (χ2v) is 4.84. The minimum Gasteiger partial charge on any atom is -0.324 e. The van der Waals surface area contributed by atoms with Gasteiger partial charge in [0, 0.05) is 11.1 Å². The molecule has 0 bridgehead atoms. The third-order valence-corrected chi connectivity index (χ3v) is 2.78. The highest BCUT2D eigenvalue weighted by molar-refractivity contribution is 6.31. The summed E-state index contributed by atoms with van der Waals surface area (Å²) in [7, 11) is 0. The maximum Gasteiger partial charge on any atom is 0.416 e. The Balaban J connectivity index is 0.00000289. The van der Waals surface area contributed by atoms with Crippen LogP contribution in [0.5, 0.6) is 0 Å². The number of rotatable bonds is 3. The second kappa shape index (κ2) is 6.64. The van der Waals surface area contributed by atoms with Crippen molar-refractivity contribution >= 4 is 24.0 Å². The molecule has 1 nitrogen and oxygen atoms in total. The highest BCUT2D eigenvalue weighted by Gasteiger charge is 2.35. The van der Waals surface area contributed by atoms with Crippen molar-refractivity contribution in [2.24, 2.45) is 11.7 Å². The zero-order valence-corrected chi connectivity index (χ0v) is 11.7. The fraction of sp³-hybridized carbons (Fsp3) is 0.500. The molecule has 0 saturated heterocycles. The van der Waals surface area contributed by atoms with Gasteiger partial charge in [0.15, 0.2) is 0 Å². The topological polar surface area (TPSA) is 26.0 Å². The highest BCUT2D eigenvalue weighted by Crippen LogP contribution is 2.38. The summed E-state index contributed by atoms with van der Waals surface area (Å²) in [6.07, 6.45) is -3.96. The monoisotopic (exact) mass is 301 g/mol. The van der Waals surface area contributed by atoms with Crippen LogP contribution in [0.4, 0.5) is 13.2 Å². The van der Waals surface area contributed by atoms with E-state index < -0.39 is 17.8 Å². The number of alkyl halides is 3. The van der Waals surface area contributed by atoms with Crippen molar-refractivity contribution in [1.82, 2.24) is 0 Å². The van der Waals surface area contributed by atoms with Gasteiger partial charge in [0.1, 0.15) is 0 Å². The summed E-state index contributed by atoms with van der Waals surface area (Å²) in [6.45, 7) is 3.81. The molecular weight excluding hydrogens is 286 g/mol. The molecule has 2 N–H and O–H groups in total. The van der Waals surface area contributed by atoms with Crippen molar-refractivity contribution in [3.8, 4) is 0 Å². The molecule has 0 spiro atoms. The van der Waals surface area contributed by atoms with Gasteiger partial charge < -0.3 is 5.73 Å². The van der Waals surface area contributed by atoms with Crippen molar-refractivity contribution in [1.29, 1.82) is 0 Å². The molecule has 1 rings (SSSR count). The zero-order chi connectivity index (χ0) is 13.2. The Kier molecular flexibility index (Phi) is 6.47. The molecule has 0 aromatic heterocycles. The van der Waals surface area contributed by atoms with Gasteiger partial charge >= 0.3 is 6.18 Å². The van der Waals surface area contributed by atoms with Gasteiger partial charge in [-0.25, -0.2) is 0 Å². The van der Waals surface area contributed by atoms with Gasteiger partial charge in [-0.3, -0.25) is 0 Å². The average molecular weight is 302 g/mol. The fourth-order valence-electron chi connectivity index (χ4n) is 1.79. The molecule has 1 aromatic carbocycles. The van der Waals surface area contributed by atoms with Gasteiger partial charge in [-0.15, -0.1) is 12.4 Å². The Morgan fingerprint density at radius 3 is 2.28 bits per heavy atom. The number of halogens is 5. The minimum atomic E-state index is -4.42. The summed E-state index contributed by atoms with van der Waals surface area (Å²) < 4.78 is 38.4. The normalized spacial score (nSPS) is 13.3. The molecule has 0 heterocycles. The lowest BCUT2D eigenvalue weighted by Crippen LogP contribution is -2.19. The Morgan fingerprint density at radius 1 is 1.28 bits per heavy atom. The Hall–Kier alpha value is -0.450. The molecule has 0 fully saturated rings. The molecule has 0 aliphatic carbocycles. The first-order valence-electron chi connectivity index (χ1n) is 5.34. The zero-order valence-electron chi connectivity index (χ0n) is 10.1. The lowest BCUT2D eigenvalue weighted by atomic mass is 9.94. The second-order valence-electron chi connectivity index (χ2n) is 4.43. The quantitative estimate of drug-likeness (QED) is 0.850. The van der Waals surface area contributed by atoms with Crippen molar-refractivity contribution in [2.45, 2.75) is 32.5 Å². The van der Waals surface area contributed by atoms with Crippen LogP contribution in [0, 0.1) is 5.92 Å². The van der Waals surface area contributed by atoms with Crippen molar-refractivity contribution < 1.29 is 13.2 Å². The summed E-state index contributed by atoms with van der Waals surface area (Å²) >= 11 is 5.83. The van der Waals surface area contributed by atoms with E-state index in [2.05, 4.69) is 0 Å². The molecular formula is C12H16Cl2F3N. The van der Waals surface area contributed by atoms with Crippen LogP contribution in [0.3, 0.4) is 0 Å². The third-order valence-electron chi connectivity index (χ3n) is 2.45. The minimum absolute atomic E-state index is 0. The van der Waals surface area contributed by atoms with Crippen LogP contribution in [0.1, 0.15) is 37.4 Å². The first kappa shape index (κ1) is 17.6. The molecule has 18 heavy (non-hydrogen) atoms. The first-order chi connectivity index (χ1) is 7.73. The summed E-state index contributed by atoms with van der Waals surface area (Å²) in [5.74, 6) is 0.211. The predicted octanol–water partition coefficient (Wildman–Crippen LogP) is 4.83.